The van der Waals surface area contributed by atoms with Gasteiger partial charge in [0.05, 0.1) is 0 Å². The van der Waals surface area contributed by atoms with Gasteiger partial charge in [0, 0.05) is 24.3 Å². The number of imide groups is 1. The Bertz CT molecular complexity index is 898. The van der Waals surface area contributed by atoms with Gasteiger partial charge in [-0.2, -0.15) is 0 Å². The molecule has 2 amide bonds. The van der Waals surface area contributed by atoms with Crippen molar-refractivity contribution in [3.05, 3.63) is 71.3 Å². The van der Waals surface area contributed by atoms with Gasteiger partial charge < -0.3 is 4.84 Å². The lowest BCUT2D eigenvalue weighted by Crippen LogP contribution is -2.32. The highest BCUT2D eigenvalue weighted by Crippen LogP contribution is 2.45. The van der Waals surface area contributed by atoms with Crippen molar-refractivity contribution in [1.29, 1.82) is 0 Å². The fourth-order valence-corrected chi connectivity index (χ4v) is 3.50. The number of fused-ring (bicyclic) bond motifs is 3. The second kappa shape index (κ2) is 6.26. The van der Waals surface area contributed by atoms with E-state index in [0.717, 1.165) is 22.3 Å². The Labute approximate surface area is 150 Å². The molecule has 5 heteroatoms. The summed E-state index contributed by atoms with van der Waals surface area (Å²) >= 11 is 0. The third-order valence-corrected chi connectivity index (χ3v) is 4.80. The largest absolute Gasteiger partial charge is 0.359 e. The Morgan fingerprint density at radius 2 is 1.46 bits per heavy atom. The zero-order valence-electron chi connectivity index (χ0n) is 14.3. The molecule has 1 heterocycles. The molecule has 2 aromatic rings. The van der Waals surface area contributed by atoms with Crippen LogP contribution in [-0.4, -0.2) is 22.8 Å². The fourth-order valence-electron chi connectivity index (χ4n) is 3.50. The molecule has 1 saturated heterocycles. The van der Waals surface area contributed by atoms with Crippen LogP contribution in [0.5, 0.6) is 0 Å². The van der Waals surface area contributed by atoms with Crippen molar-refractivity contribution in [2.45, 2.75) is 25.7 Å². The van der Waals surface area contributed by atoms with Crippen LogP contribution in [0.4, 0.5) is 0 Å². The number of benzene rings is 2. The van der Waals surface area contributed by atoms with Crippen LogP contribution in [0.25, 0.3) is 11.1 Å². The minimum absolute atomic E-state index is 0.0695. The van der Waals surface area contributed by atoms with E-state index in [9.17, 15) is 14.4 Å². The molecule has 0 unspecified atom stereocenters. The van der Waals surface area contributed by atoms with Crippen molar-refractivity contribution in [2.24, 2.45) is 0 Å². The van der Waals surface area contributed by atoms with Gasteiger partial charge in [-0.25, -0.2) is 4.79 Å². The minimum Gasteiger partial charge on any atom is -0.325 e. The quantitative estimate of drug-likeness (QED) is 0.631. The summed E-state index contributed by atoms with van der Waals surface area (Å²) in [5, 5.41) is 0.580. The third-order valence-electron chi connectivity index (χ3n) is 4.80. The van der Waals surface area contributed by atoms with Gasteiger partial charge in [0.25, 0.3) is 11.8 Å². The first-order chi connectivity index (χ1) is 12.6. The Balaban J connectivity index is 1.64. The molecule has 0 bridgehead atoms. The lowest BCUT2D eigenvalue weighted by atomic mass is 9.95. The molecule has 0 saturated carbocycles. The zero-order valence-corrected chi connectivity index (χ0v) is 14.3. The van der Waals surface area contributed by atoms with Gasteiger partial charge in [0.2, 0.25) is 0 Å². The molecule has 0 radical (unpaired) electrons. The number of hydrogen-bond donors (Lipinski definition) is 0. The van der Waals surface area contributed by atoms with E-state index in [1.165, 1.54) is 0 Å². The maximum absolute atomic E-state index is 12.4. The molecule has 0 spiro atoms. The van der Waals surface area contributed by atoms with Gasteiger partial charge in [-0.1, -0.05) is 54.6 Å². The summed E-state index contributed by atoms with van der Waals surface area (Å²) < 4.78 is 0. The summed E-state index contributed by atoms with van der Waals surface area (Å²) in [7, 11) is 0. The number of hydrogen-bond acceptors (Lipinski definition) is 4. The molecule has 2 aliphatic rings. The molecular formula is C21H17NO4. The van der Waals surface area contributed by atoms with Crippen LogP contribution in [0.3, 0.4) is 0 Å². The number of allylic oxidation sites excluding steroid dienone is 1. The Kier molecular flexibility index (Phi) is 3.92. The normalized spacial score (nSPS) is 16.7. The van der Waals surface area contributed by atoms with Gasteiger partial charge in [-0.15, -0.1) is 5.06 Å². The summed E-state index contributed by atoms with van der Waals surface area (Å²) in [5.74, 6) is -1.71. The number of hydroxylamine groups is 2. The number of carbonyl (C=O) groups excluding carboxylic acids is 3. The van der Waals surface area contributed by atoms with E-state index in [2.05, 4.69) is 12.1 Å². The average molecular weight is 347 g/mol. The molecule has 2 aromatic carbocycles. The van der Waals surface area contributed by atoms with Crippen LogP contribution in [0.15, 0.2) is 60.2 Å². The highest BCUT2D eigenvalue weighted by Gasteiger charge is 2.33. The van der Waals surface area contributed by atoms with Crippen LogP contribution in [0.2, 0.25) is 0 Å². The van der Waals surface area contributed by atoms with Crippen LogP contribution in [-0.2, 0) is 19.2 Å². The highest BCUT2D eigenvalue weighted by molar-refractivity contribution is 6.02. The molecule has 5 nitrogen and oxygen atoms in total. The zero-order chi connectivity index (χ0) is 18.3. The van der Waals surface area contributed by atoms with Gasteiger partial charge >= 0.3 is 5.97 Å². The first kappa shape index (κ1) is 16.3. The fraction of sp³-hybridized carbons (Fsp3) is 0.190. The van der Waals surface area contributed by atoms with Crippen molar-refractivity contribution in [3.63, 3.8) is 0 Å². The van der Waals surface area contributed by atoms with Crippen LogP contribution < -0.4 is 0 Å². The lowest BCUT2D eigenvalue weighted by molar-refractivity contribution is -0.194. The first-order valence-electron chi connectivity index (χ1n) is 8.51. The van der Waals surface area contributed by atoms with Crippen LogP contribution >= 0.6 is 0 Å². The molecule has 0 aromatic heterocycles. The van der Waals surface area contributed by atoms with Crippen molar-refractivity contribution >= 4 is 17.8 Å². The maximum Gasteiger partial charge on any atom is 0.359 e. The van der Waals surface area contributed by atoms with Gasteiger partial charge in [-0.05, 0) is 29.2 Å². The number of nitrogens with zero attached hydrogens (tertiary/aromatic N) is 1. The van der Waals surface area contributed by atoms with Crippen LogP contribution in [0.1, 0.15) is 36.8 Å². The summed E-state index contributed by atoms with van der Waals surface area (Å²) in [6.07, 6.45) is 1.99. The predicted octanol–water partition coefficient (Wildman–Crippen LogP) is 3.35. The SMILES string of the molecule is CC(=CC1c2ccccc2-c2ccccc21)C(=O)ON1C(=O)CCC1=O. The number of amides is 2. The summed E-state index contributed by atoms with van der Waals surface area (Å²) in [6.45, 7) is 1.64. The van der Waals surface area contributed by atoms with Crippen molar-refractivity contribution < 1.29 is 19.2 Å². The Hall–Kier alpha value is -3.21. The number of carbonyl (C=O) groups is 3. The van der Waals surface area contributed by atoms with E-state index in [4.69, 9.17) is 4.84 Å². The molecule has 0 atom stereocenters. The van der Waals surface area contributed by atoms with Gasteiger partial charge in [-0.3, -0.25) is 9.59 Å². The average Bonchev–Trinajstić information content (AvgIpc) is 3.14. The van der Waals surface area contributed by atoms with E-state index >= 15 is 0 Å². The molecule has 0 N–H and O–H groups in total. The standard InChI is InChI=1S/C21H17NO4/c1-13(21(25)26-22-19(23)10-11-20(22)24)12-18-16-8-4-2-6-14(16)15-7-3-5-9-17(15)18/h2-9,12,18H,10-11H2,1H3. The van der Waals surface area contributed by atoms with Gasteiger partial charge in [0.15, 0.2) is 0 Å². The lowest BCUT2D eigenvalue weighted by Gasteiger charge is -2.14. The van der Waals surface area contributed by atoms with Crippen molar-refractivity contribution in [1.82, 2.24) is 5.06 Å². The molecular weight excluding hydrogens is 330 g/mol. The smallest absolute Gasteiger partial charge is 0.325 e. The van der Waals surface area contributed by atoms with Gasteiger partial charge in [0.1, 0.15) is 0 Å². The minimum atomic E-state index is -0.685. The second-order valence-corrected chi connectivity index (χ2v) is 6.46. The maximum atomic E-state index is 12.4. The van der Waals surface area contributed by atoms with Crippen LogP contribution in [0, 0.1) is 0 Å². The Morgan fingerprint density at radius 1 is 0.962 bits per heavy atom. The second-order valence-electron chi connectivity index (χ2n) is 6.46. The van der Waals surface area contributed by atoms with E-state index in [1.54, 1.807) is 6.92 Å². The van der Waals surface area contributed by atoms with E-state index in [0.29, 0.717) is 10.6 Å². The van der Waals surface area contributed by atoms with E-state index in [1.807, 2.05) is 42.5 Å². The summed E-state index contributed by atoms with van der Waals surface area (Å²) in [4.78, 5) is 40.6. The molecule has 1 aliphatic carbocycles. The Morgan fingerprint density at radius 3 is 2.00 bits per heavy atom. The van der Waals surface area contributed by atoms with Crippen molar-refractivity contribution in [2.75, 3.05) is 0 Å². The molecule has 1 fully saturated rings. The molecule has 4 rings (SSSR count). The summed E-state index contributed by atoms with van der Waals surface area (Å²) in [5.41, 5.74) is 4.89. The highest BCUT2D eigenvalue weighted by atomic mass is 16.7. The molecule has 26 heavy (non-hydrogen) atoms. The third kappa shape index (κ3) is 2.62. The van der Waals surface area contributed by atoms with E-state index < -0.39 is 17.8 Å². The van der Waals surface area contributed by atoms with Crippen molar-refractivity contribution in [3.8, 4) is 11.1 Å². The monoisotopic (exact) mass is 347 g/mol. The molecule has 130 valence electrons. The van der Waals surface area contributed by atoms with E-state index in [-0.39, 0.29) is 18.8 Å². The predicted molar refractivity (Wildman–Crippen MR) is 94.7 cm³/mol. The summed E-state index contributed by atoms with van der Waals surface area (Å²) in [6, 6.07) is 16.2. The first-order valence-corrected chi connectivity index (χ1v) is 8.51. The topological polar surface area (TPSA) is 63.7 Å². The number of rotatable bonds is 3. The molecule has 1 aliphatic heterocycles.